The van der Waals surface area contributed by atoms with Crippen molar-refractivity contribution < 1.29 is 9.53 Å². The van der Waals surface area contributed by atoms with Crippen molar-refractivity contribution in [3.8, 4) is 5.75 Å². The molecule has 0 aliphatic heterocycles. The van der Waals surface area contributed by atoms with E-state index in [0.29, 0.717) is 11.1 Å². The number of carbonyl (C=O) groups excluding carboxylic acids is 1. The van der Waals surface area contributed by atoms with Crippen LogP contribution in [0.4, 0.5) is 0 Å². The van der Waals surface area contributed by atoms with E-state index in [4.69, 9.17) is 4.74 Å². The third-order valence-electron chi connectivity index (χ3n) is 6.45. The van der Waals surface area contributed by atoms with Crippen LogP contribution in [0.1, 0.15) is 119 Å². The topological polar surface area (TPSA) is 26.3 Å². The number of rotatable bonds is 21. The van der Waals surface area contributed by atoms with Gasteiger partial charge in [0.2, 0.25) is 0 Å². The zero-order chi connectivity index (χ0) is 24.1. The number of carbonyl (C=O) groups is 1. The molecule has 0 fully saturated rings. The van der Waals surface area contributed by atoms with Crippen molar-refractivity contribution in [2.24, 2.45) is 0 Å². The van der Waals surface area contributed by atoms with Gasteiger partial charge in [-0.05, 0) is 30.7 Å². The number of benzene rings is 2. The Morgan fingerprint density at radius 1 is 0.559 bits per heavy atom. The minimum absolute atomic E-state index is 0.0431. The Morgan fingerprint density at radius 2 is 1.03 bits per heavy atom. The molecule has 2 rings (SSSR count). The van der Waals surface area contributed by atoms with Gasteiger partial charge in [-0.25, -0.2) is 0 Å². The van der Waals surface area contributed by atoms with E-state index in [2.05, 4.69) is 12.6 Å². The fourth-order valence-electron chi connectivity index (χ4n) is 4.36. The molecule has 0 bridgehead atoms. The van der Waals surface area contributed by atoms with Gasteiger partial charge in [0.05, 0.1) is 6.61 Å². The molecule has 0 atom stereocenters. The van der Waals surface area contributed by atoms with Crippen molar-refractivity contribution in [1.82, 2.24) is 0 Å². The van der Waals surface area contributed by atoms with Crippen molar-refractivity contribution in [2.45, 2.75) is 103 Å². The third kappa shape index (κ3) is 13.2. The largest absolute Gasteiger partial charge is 0.494 e. The molecule has 0 aliphatic carbocycles. The Bertz CT molecular complexity index is 759. The van der Waals surface area contributed by atoms with Gasteiger partial charge >= 0.3 is 0 Å². The fraction of sp³-hybridized carbons (Fsp3) is 0.581. The summed E-state index contributed by atoms with van der Waals surface area (Å²) in [6.45, 7) is 0.720. The minimum atomic E-state index is 0.0431. The number of ether oxygens (including phenoxy) is 1. The molecule has 0 spiro atoms. The van der Waals surface area contributed by atoms with Gasteiger partial charge < -0.3 is 4.74 Å². The van der Waals surface area contributed by atoms with Gasteiger partial charge in [-0.15, -0.1) is 0 Å². The summed E-state index contributed by atoms with van der Waals surface area (Å²) in [4.78, 5) is 12.6. The summed E-state index contributed by atoms with van der Waals surface area (Å²) < 4.78 is 5.90. The van der Waals surface area contributed by atoms with Gasteiger partial charge in [0.1, 0.15) is 5.75 Å². The summed E-state index contributed by atoms with van der Waals surface area (Å²) >= 11 is 4.27. The molecular weight excluding hydrogens is 436 g/mol. The lowest BCUT2D eigenvalue weighted by Crippen LogP contribution is -2.02. The molecule has 3 heteroatoms. The van der Waals surface area contributed by atoms with Crippen LogP contribution in [0.2, 0.25) is 0 Å². The first-order chi connectivity index (χ1) is 16.8. The van der Waals surface area contributed by atoms with Gasteiger partial charge in [-0.1, -0.05) is 132 Å². The maximum Gasteiger partial charge on any atom is 0.193 e. The molecule has 0 heterocycles. The first-order valence-electron chi connectivity index (χ1n) is 13.7. The lowest BCUT2D eigenvalue weighted by molar-refractivity contribution is 0.103. The first kappa shape index (κ1) is 28.5. The third-order valence-corrected chi connectivity index (χ3v) is 6.77. The van der Waals surface area contributed by atoms with E-state index in [1.54, 1.807) is 0 Å². The van der Waals surface area contributed by atoms with Crippen molar-refractivity contribution in [3.63, 3.8) is 0 Å². The summed E-state index contributed by atoms with van der Waals surface area (Å²) in [5.41, 5.74) is 1.40. The van der Waals surface area contributed by atoms with Crippen LogP contribution in [0, 0.1) is 0 Å². The highest BCUT2D eigenvalue weighted by Gasteiger charge is 2.09. The summed E-state index contributed by atoms with van der Waals surface area (Å²) in [7, 11) is 0. The molecule has 0 aliphatic rings. The Balaban J connectivity index is 1.40. The summed E-state index contributed by atoms with van der Waals surface area (Å²) in [6.07, 6.45) is 21.7. The number of hydrogen-bond acceptors (Lipinski definition) is 3. The maximum atomic E-state index is 12.6. The molecule has 188 valence electrons. The van der Waals surface area contributed by atoms with Crippen molar-refractivity contribution in [1.29, 1.82) is 0 Å². The monoisotopic (exact) mass is 482 g/mol. The quantitative estimate of drug-likeness (QED) is 0.109. The van der Waals surface area contributed by atoms with E-state index in [0.717, 1.165) is 24.5 Å². The predicted octanol–water partition coefficient (Wildman–Crippen LogP) is 9.47. The van der Waals surface area contributed by atoms with E-state index >= 15 is 0 Å². The molecule has 2 aromatic rings. The van der Waals surface area contributed by atoms with Crippen LogP contribution in [0.5, 0.6) is 5.75 Å². The Hall–Kier alpha value is -1.74. The molecule has 2 nitrogen and oxygen atoms in total. The number of ketones is 1. The highest BCUT2D eigenvalue weighted by atomic mass is 32.1. The summed E-state index contributed by atoms with van der Waals surface area (Å²) in [5, 5.41) is 0. The van der Waals surface area contributed by atoms with Crippen LogP contribution in [0.25, 0.3) is 0 Å². The molecule has 0 unspecified atom stereocenters. The second-order valence-electron chi connectivity index (χ2n) is 9.45. The van der Waals surface area contributed by atoms with E-state index in [-0.39, 0.29) is 5.78 Å². The van der Waals surface area contributed by atoms with Crippen LogP contribution in [0.3, 0.4) is 0 Å². The number of unbranched alkanes of at least 4 members (excludes halogenated alkanes) is 15. The van der Waals surface area contributed by atoms with Crippen LogP contribution in [-0.2, 0) is 0 Å². The Morgan fingerprint density at radius 3 is 1.56 bits per heavy atom. The SMILES string of the molecule is O=C(c1ccccc1)c1cccc(OCCCCCCCCCCCCCCCCCCS)c1. The molecular formula is C31H46O2S. The summed E-state index contributed by atoms with van der Waals surface area (Å²) in [5.74, 6) is 1.88. The van der Waals surface area contributed by atoms with Crippen LogP contribution >= 0.6 is 12.6 Å². The van der Waals surface area contributed by atoms with Gasteiger partial charge in [0.15, 0.2) is 5.78 Å². The standard InChI is InChI=1S/C31H46O2S/c32-31(28-21-16-15-17-22-28)29-23-20-24-30(27-29)33-25-18-13-11-9-7-5-3-1-2-4-6-8-10-12-14-19-26-34/h15-17,20-24,27,34H,1-14,18-19,25-26H2. The summed E-state index contributed by atoms with van der Waals surface area (Å²) in [6, 6.07) is 17.0. The van der Waals surface area contributed by atoms with Gasteiger partial charge in [-0.2, -0.15) is 12.6 Å². The van der Waals surface area contributed by atoms with Crippen LogP contribution in [0.15, 0.2) is 54.6 Å². The normalized spacial score (nSPS) is 11.0. The van der Waals surface area contributed by atoms with Crippen molar-refractivity contribution >= 4 is 18.4 Å². The highest BCUT2D eigenvalue weighted by molar-refractivity contribution is 7.80. The average molecular weight is 483 g/mol. The van der Waals surface area contributed by atoms with E-state index in [1.807, 2.05) is 54.6 Å². The molecule has 0 saturated heterocycles. The zero-order valence-electron chi connectivity index (χ0n) is 21.2. The number of thiol groups is 1. The Labute approximate surface area is 214 Å². The van der Waals surface area contributed by atoms with Crippen molar-refractivity contribution in [2.75, 3.05) is 12.4 Å². The molecule has 0 saturated carbocycles. The molecule has 34 heavy (non-hydrogen) atoms. The van der Waals surface area contributed by atoms with Crippen LogP contribution in [-0.4, -0.2) is 18.1 Å². The van der Waals surface area contributed by atoms with Crippen molar-refractivity contribution in [3.05, 3.63) is 65.7 Å². The van der Waals surface area contributed by atoms with Crippen LogP contribution < -0.4 is 4.74 Å². The highest BCUT2D eigenvalue weighted by Crippen LogP contribution is 2.18. The zero-order valence-corrected chi connectivity index (χ0v) is 22.1. The average Bonchev–Trinajstić information content (AvgIpc) is 2.88. The molecule has 2 aromatic carbocycles. The maximum absolute atomic E-state index is 12.6. The lowest BCUT2D eigenvalue weighted by atomic mass is 10.0. The second-order valence-corrected chi connectivity index (χ2v) is 9.90. The smallest absolute Gasteiger partial charge is 0.193 e. The van der Waals surface area contributed by atoms with E-state index < -0.39 is 0 Å². The van der Waals surface area contributed by atoms with E-state index in [9.17, 15) is 4.79 Å². The minimum Gasteiger partial charge on any atom is -0.494 e. The van der Waals surface area contributed by atoms with Gasteiger partial charge in [0.25, 0.3) is 0 Å². The van der Waals surface area contributed by atoms with Gasteiger partial charge in [0, 0.05) is 11.1 Å². The predicted molar refractivity (Wildman–Crippen MR) is 150 cm³/mol. The first-order valence-corrected chi connectivity index (χ1v) is 14.4. The molecule has 0 N–H and O–H groups in total. The lowest BCUT2D eigenvalue weighted by Gasteiger charge is -2.08. The molecule has 0 radical (unpaired) electrons. The molecule has 0 amide bonds. The van der Waals surface area contributed by atoms with E-state index in [1.165, 1.54) is 96.3 Å². The Kier molecular flexibility index (Phi) is 16.4. The molecule has 0 aromatic heterocycles. The van der Waals surface area contributed by atoms with Gasteiger partial charge in [-0.3, -0.25) is 4.79 Å². The fourth-order valence-corrected chi connectivity index (χ4v) is 4.59. The number of hydrogen-bond donors (Lipinski definition) is 1. The second kappa shape index (κ2) is 19.6.